The first-order valence-electron chi connectivity index (χ1n) is 8.20. The Morgan fingerprint density at radius 2 is 2.04 bits per heavy atom. The van der Waals surface area contributed by atoms with Gasteiger partial charge in [-0.05, 0) is 24.3 Å². The van der Waals surface area contributed by atoms with E-state index in [2.05, 4.69) is 15.3 Å². The lowest BCUT2D eigenvalue weighted by Crippen LogP contribution is -2.08. The number of allylic oxidation sites excluding steroid dienone is 4. The maximum atomic E-state index is 14.5. The van der Waals surface area contributed by atoms with Crippen LogP contribution in [0.1, 0.15) is 12.1 Å². The van der Waals surface area contributed by atoms with Crippen LogP contribution in [0.25, 0.3) is 16.5 Å². The van der Waals surface area contributed by atoms with Gasteiger partial charge < -0.3 is 11.1 Å². The van der Waals surface area contributed by atoms with E-state index in [9.17, 15) is 4.39 Å². The maximum absolute atomic E-state index is 14.5. The van der Waals surface area contributed by atoms with Crippen molar-refractivity contribution >= 4 is 45.1 Å². The van der Waals surface area contributed by atoms with E-state index in [4.69, 9.17) is 17.3 Å². The molecule has 0 radical (unpaired) electrons. The molecular formula is C20H16ClFN4. The van der Waals surface area contributed by atoms with Crippen LogP contribution >= 0.6 is 11.6 Å². The van der Waals surface area contributed by atoms with Gasteiger partial charge in [-0.25, -0.2) is 9.37 Å². The second-order valence-corrected chi connectivity index (χ2v) is 6.49. The smallest absolute Gasteiger partial charge is 0.131 e. The molecule has 0 saturated carbocycles. The highest BCUT2D eigenvalue weighted by Gasteiger charge is 2.21. The average Bonchev–Trinajstić information content (AvgIpc) is 2.65. The first-order valence-corrected chi connectivity index (χ1v) is 8.57. The zero-order valence-electron chi connectivity index (χ0n) is 13.8. The predicted octanol–water partition coefficient (Wildman–Crippen LogP) is 5.20. The number of nitrogens with two attached hydrogens (primary N) is 1. The van der Waals surface area contributed by atoms with Crippen molar-refractivity contribution in [3.63, 3.8) is 0 Å². The van der Waals surface area contributed by atoms with Crippen LogP contribution in [0, 0.1) is 0 Å². The summed E-state index contributed by atoms with van der Waals surface area (Å²) in [6.07, 6.45) is 5.67. The Kier molecular flexibility index (Phi) is 4.31. The number of rotatable bonds is 3. The summed E-state index contributed by atoms with van der Waals surface area (Å²) in [6.45, 7) is 0. The van der Waals surface area contributed by atoms with Gasteiger partial charge in [0.2, 0.25) is 0 Å². The quantitative estimate of drug-likeness (QED) is 0.668. The largest absolute Gasteiger partial charge is 0.396 e. The summed E-state index contributed by atoms with van der Waals surface area (Å²) in [6, 6.07) is 11.3. The van der Waals surface area contributed by atoms with Crippen molar-refractivity contribution in [2.24, 2.45) is 0 Å². The number of pyridine rings is 2. The molecule has 0 bridgehead atoms. The standard InChI is InChI=1S/C20H16ClFN4/c21-12-5-6-15(22)14(9-12)20-10-19(13-3-1-2-4-17(13)25-20)26-18-7-8-24-11-16(18)23/h1-5,7-11,15H,6,23H2,(H,24,25,26). The number of anilines is 3. The number of hydrogen-bond acceptors (Lipinski definition) is 4. The first-order chi connectivity index (χ1) is 12.6. The first kappa shape index (κ1) is 16.5. The Morgan fingerprint density at radius 3 is 2.88 bits per heavy atom. The summed E-state index contributed by atoms with van der Waals surface area (Å²) in [5.74, 6) is 0. The molecule has 1 aliphatic carbocycles. The molecule has 0 aliphatic heterocycles. The van der Waals surface area contributed by atoms with Crippen molar-refractivity contribution < 1.29 is 4.39 Å². The number of para-hydroxylation sites is 1. The van der Waals surface area contributed by atoms with Crippen molar-refractivity contribution in [1.29, 1.82) is 0 Å². The van der Waals surface area contributed by atoms with Crippen LogP contribution < -0.4 is 11.1 Å². The molecule has 2 aromatic heterocycles. The van der Waals surface area contributed by atoms with E-state index in [0.29, 0.717) is 22.0 Å². The van der Waals surface area contributed by atoms with Crippen molar-refractivity contribution in [1.82, 2.24) is 9.97 Å². The SMILES string of the molecule is Nc1cnccc1Nc1cc(C2=CC(Cl)=CCC2F)nc2ccccc12. The number of nitrogens with zero attached hydrogens (tertiary/aromatic N) is 2. The molecule has 2 heterocycles. The molecule has 6 heteroatoms. The lowest BCUT2D eigenvalue weighted by molar-refractivity contribution is 0.413. The zero-order valence-corrected chi connectivity index (χ0v) is 14.5. The number of fused-ring (bicyclic) bond motifs is 1. The maximum Gasteiger partial charge on any atom is 0.131 e. The monoisotopic (exact) mass is 366 g/mol. The molecule has 4 rings (SSSR count). The minimum absolute atomic E-state index is 0.249. The van der Waals surface area contributed by atoms with Gasteiger partial charge in [0, 0.05) is 28.6 Å². The Bertz CT molecular complexity index is 1040. The van der Waals surface area contributed by atoms with Gasteiger partial charge in [0.05, 0.1) is 34.5 Å². The van der Waals surface area contributed by atoms with Gasteiger partial charge in [-0.2, -0.15) is 0 Å². The molecule has 0 fully saturated rings. The number of benzene rings is 1. The van der Waals surface area contributed by atoms with Gasteiger partial charge in [-0.1, -0.05) is 35.9 Å². The third-order valence-corrected chi connectivity index (χ3v) is 4.55. The van der Waals surface area contributed by atoms with E-state index in [1.807, 2.05) is 30.3 Å². The molecule has 1 atom stereocenters. The molecule has 0 amide bonds. The van der Waals surface area contributed by atoms with Crippen molar-refractivity contribution in [3.8, 4) is 0 Å². The summed E-state index contributed by atoms with van der Waals surface area (Å²) in [4.78, 5) is 8.63. The van der Waals surface area contributed by atoms with E-state index in [1.165, 1.54) is 0 Å². The third kappa shape index (κ3) is 3.13. The van der Waals surface area contributed by atoms with Crippen LogP contribution in [-0.2, 0) is 0 Å². The Hall–Kier alpha value is -2.92. The molecule has 1 aromatic carbocycles. The van der Waals surface area contributed by atoms with Crippen molar-refractivity contribution in [2.45, 2.75) is 12.6 Å². The van der Waals surface area contributed by atoms with Gasteiger partial charge in [-0.3, -0.25) is 4.98 Å². The minimum Gasteiger partial charge on any atom is -0.396 e. The summed E-state index contributed by atoms with van der Waals surface area (Å²) >= 11 is 6.09. The number of nitrogens with one attached hydrogen (secondary N) is 1. The van der Waals surface area contributed by atoms with E-state index in [-0.39, 0.29) is 6.42 Å². The Labute approximate surface area is 155 Å². The van der Waals surface area contributed by atoms with E-state index < -0.39 is 6.17 Å². The van der Waals surface area contributed by atoms with Gasteiger partial charge in [0.15, 0.2) is 0 Å². The number of nitrogen functional groups attached to an aromatic ring is 1. The van der Waals surface area contributed by atoms with Gasteiger partial charge in [0.25, 0.3) is 0 Å². The number of alkyl halides is 1. The lowest BCUT2D eigenvalue weighted by Gasteiger charge is -2.18. The number of aromatic nitrogens is 2. The molecule has 4 nitrogen and oxygen atoms in total. The average molecular weight is 367 g/mol. The summed E-state index contributed by atoms with van der Waals surface area (Å²) in [7, 11) is 0. The number of hydrogen-bond donors (Lipinski definition) is 2. The Balaban J connectivity index is 1.87. The number of halogens is 2. The second-order valence-electron chi connectivity index (χ2n) is 6.05. The fourth-order valence-corrected chi connectivity index (χ4v) is 3.17. The normalized spacial score (nSPS) is 16.9. The van der Waals surface area contributed by atoms with Gasteiger partial charge >= 0.3 is 0 Å². The molecule has 0 spiro atoms. The van der Waals surface area contributed by atoms with Crippen LogP contribution in [0.4, 0.5) is 21.5 Å². The summed E-state index contributed by atoms with van der Waals surface area (Å²) in [5, 5.41) is 4.76. The molecule has 1 unspecified atom stereocenters. The van der Waals surface area contributed by atoms with Crippen LogP contribution in [0.3, 0.4) is 0 Å². The van der Waals surface area contributed by atoms with Crippen molar-refractivity contribution in [2.75, 3.05) is 11.1 Å². The summed E-state index contributed by atoms with van der Waals surface area (Å²) in [5.41, 5.74) is 9.85. The highest BCUT2D eigenvalue weighted by molar-refractivity contribution is 6.31. The highest BCUT2D eigenvalue weighted by atomic mass is 35.5. The van der Waals surface area contributed by atoms with E-state index in [1.54, 1.807) is 30.6 Å². The van der Waals surface area contributed by atoms with Crippen LogP contribution in [0.5, 0.6) is 0 Å². The van der Waals surface area contributed by atoms with E-state index in [0.717, 1.165) is 22.3 Å². The molecule has 26 heavy (non-hydrogen) atoms. The van der Waals surface area contributed by atoms with Gasteiger partial charge in [-0.15, -0.1) is 0 Å². The summed E-state index contributed by atoms with van der Waals surface area (Å²) < 4.78 is 14.5. The van der Waals surface area contributed by atoms with Crippen molar-refractivity contribution in [3.05, 3.63) is 71.7 Å². The lowest BCUT2D eigenvalue weighted by atomic mass is 9.98. The topological polar surface area (TPSA) is 63.8 Å². The van der Waals surface area contributed by atoms with E-state index >= 15 is 0 Å². The third-order valence-electron chi connectivity index (χ3n) is 4.28. The highest BCUT2D eigenvalue weighted by Crippen LogP contribution is 2.34. The van der Waals surface area contributed by atoms with Gasteiger partial charge in [0.1, 0.15) is 6.17 Å². The minimum atomic E-state index is -1.13. The molecule has 130 valence electrons. The molecular weight excluding hydrogens is 351 g/mol. The molecule has 0 saturated heterocycles. The zero-order chi connectivity index (χ0) is 18.1. The molecule has 3 N–H and O–H groups in total. The fourth-order valence-electron chi connectivity index (χ4n) is 2.97. The molecule has 1 aliphatic rings. The fraction of sp³-hybridized carbons (Fsp3) is 0.100. The van der Waals surface area contributed by atoms with Crippen LogP contribution in [0.2, 0.25) is 0 Å². The molecule has 3 aromatic rings. The Morgan fingerprint density at radius 1 is 1.19 bits per heavy atom. The predicted molar refractivity (Wildman–Crippen MR) is 105 cm³/mol. The second kappa shape index (κ2) is 6.77. The van der Waals surface area contributed by atoms with Crippen LogP contribution in [-0.4, -0.2) is 16.1 Å². The van der Waals surface area contributed by atoms with Crippen LogP contribution in [0.15, 0.2) is 66.0 Å².